The highest BCUT2D eigenvalue weighted by Crippen LogP contribution is 2.25. The van der Waals surface area contributed by atoms with E-state index in [9.17, 15) is 21.6 Å². The van der Waals surface area contributed by atoms with Gasteiger partial charge < -0.3 is 10.2 Å². The van der Waals surface area contributed by atoms with Crippen LogP contribution in [0.25, 0.3) is 11.1 Å². The molecule has 0 aliphatic rings. The van der Waals surface area contributed by atoms with E-state index in [1.807, 2.05) is 0 Å². The van der Waals surface area contributed by atoms with Crippen LogP contribution in [0.4, 0.5) is 18.9 Å². The van der Waals surface area contributed by atoms with Crippen LogP contribution in [0.3, 0.4) is 0 Å². The Labute approximate surface area is 106 Å². The number of nitrogen functional groups attached to an aromatic ring is 1. The quantitative estimate of drug-likeness (QED) is 0.876. The maximum Gasteiger partial charge on any atom is 0.390 e. The third kappa shape index (κ3) is 3.16. The van der Waals surface area contributed by atoms with Crippen molar-refractivity contribution in [3.63, 3.8) is 0 Å². The van der Waals surface area contributed by atoms with Crippen molar-refractivity contribution in [3.05, 3.63) is 18.2 Å². The predicted octanol–water partition coefficient (Wildman–Crippen LogP) is 2.14. The van der Waals surface area contributed by atoms with Crippen LogP contribution in [0.1, 0.15) is 6.42 Å². The maximum atomic E-state index is 12.0. The Morgan fingerprint density at radius 2 is 2.00 bits per heavy atom. The lowest BCUT2D eigenvalue weighted by molar-refractivity contribution is -0.129. The fourth-order valence-corrected chi connectivity index (χ4v) is 2.52. The van der Waals surface area contributed by atoms with Gasteiger partial charge in [-0.25, -0.2) is 8.42 Å². The van der Waals surface area contributed by atoms with Crippen molar-refractivity contribution in [1.82, 2.24) is 4.98 Å². The fraction of sp³-hybridized carbons (Fsp3) is 0.300. The number of hydrogen-bond donors (Lipinski definition) is 1. The molecule has 0 amide bonds. The van der Waals surface area contributed by atoms with Gasteiger partial charge in [0, 0.05) is 5.69 Å². The molecule has 0 fully saturated rings. The summed E-state index contributed by atoms with van der Waals surface area (Å²) in [4.78, 5) is 3.64. The summed E-state index contributed by atoms with van der Waals surface area (Å²) < 4.78 is 64.3. The second kappa shape index (κ2) is 4.41. The van der Waals surface area contributed by atoms with Crippen LogP contribution in [0.5, 0.6) is 0 Å². The molecule has 104 valence electrons. The number of fused-ring (bicyclic) bond motifs is 1. The zero-order valence-corrected chi connectivity index (χ0v) is 10.3. The lowest BCUT2D eigenvalue weighted by Gasteiger charge is -2.04. The van der Waals surface area contributed by atoms with Crippen molar-refractivity contribution in [1.29, 1.82) is 0 Å². The van der Waals surface area contributed by atoms with E-state index < -0.39 is 33.4 Å². The van der Waals surface area contributed by atoms with Gasteiger partial charge in [0.2, 0.25) is 9.84 Å². The van der Waals surface area contributed by atoms with E-state index in [-0.39, 0.29) is 11.1 Å². The first-order chi connectivity index (χ1) is 8.67. The Kier molecular flexibility index (Phi) is 3.17. The molecule has 0 radical (unpaired) electrons. The second-order valence-electron chi connectivity index (χ2n) is 3.89. The largest absolute Gasteiger partial charge is 0.428 e. The first-order valence-electron chi connectivity index (χ1n) is 5.13. The number of nitrogens with zero attached hydrogens (tertiary/aromatic N) is 1. The number of halogens is 3. The van der Waals surface area contributed by atoms with E-state index in [1.165, 1.54) is 18.2 Å². The van der Waals surface area contributed by atoms with Gasteiger partial charge in [-0.1, -0.05) is 0 Å². The number of nitrogens with two attached hydrogens (primary N) is 1. The van der Waals surface area contributed by atoms with Crippen LogP contribution in [-0.2, 0) is 9.84 Å². The van der Waals surface area contributed by atoms with E-state index in [0.717, 1.165) is 0 Å². The molecule has 0 saturated heterocycles. The lowest BCUT2D eigenvalue weighted by Crippen LogP contribution is -2.16. The minimum absolute atomic E-state index is 0.153. The van der Waals surface area contributed by atoms with E-state index >= 15 is 0 Å². The van der Waals surface area contributed by atoms with Crippen LogP contribution >= 0.6 is 0 Å². The smallest absolute Gasteiger partial charge is 0.390 e. The molecule has 1 heterocycles. The zero-order valence-electron chi connectivity index (χ0n) is 9.44. The molecule has 0 saturated carbocycles. The third-order valence-electron chi connectivity index (χ3n) is 2.31. The Balaban J connectivity index is 2.33. The number of sulfone groups is 1. The molecular formula is C10H9F3N2O3S. The van der Waals surface area contributed by atoms with E-state index in [1.54, 1.807) is 0 Å². The highest BCUT2D eigenvalue weighted by Gasteiger charge is 2.32. The molecular weight excluding hydrogens is 285 g/mol. The molecule has 0 unspecified atom stereocenters. The molecule has 5 nitrogen and oxygen atoms in total. The lowest BCUT2D eigenvalue weighted by atomic mass is 10.3. The molecule has 0 atom stereocenters. The van der Waals surface area contributed by atoms with E-state index in [0.29, 0.717) is 5.69 Å². The summed E-state index contributed by atoms with van der Waals surface area (Å²) in [6.07, 6.45) is -6.00. The first kappa shape index (κ1) is 13.7. The number of oxazole rings is 1. The molecule has 0 aliphatic carbocycles. The number of hydrogen-bond acceptors (Lipinski definition) is 5. The van der Waals surface area contributed by atoms with Crippen LogP contribution in [0, 0.1) is 0 Å². The van der Waals surface area contributed by atoms with Gasteiger partial charge in [-0.2, -0.15) is 18.2 Å². The summed E-state index contributed by atoms with van der Waals surface area (Å²) in [6.45, 7) is 0. The van der Waals surface area contributed by atoms with Crippen molar-refractivity contribution in [2.24, 2.45) is 0 Å². The van der Waals surface area contributed by atoms with E-state index in [4.69, 9.17) is 10.2 Å². The van der Waals surface area contributed by atoms with Gasteiger partial charge in [0.15, 0.2) is 5.58 Å². The maximum absolute atomic E-state index is 12.0. The standard InChI is InChI=1S/C10H9F3N2O3S/c11-10(12,13)3-4-19(16,17)9-15-7-5-6(14)1-2-8(7)18-9/h1-2,5H,3-4,14H2. The zero-order chi connectivity index (χ0) is 14.3. The summed E-state index contributed by atoms with van der Waals surface area (Å²) in [5, 5.41) is -0.725. The molecule has 0 spiro atoms. The van der Waals surface area contributed by atoms with Gasteiger partial charge in [-0.15, -0.1) is 0 Å². The summed E-state index contributed by atoms with van der Waals surface area (Å²) >= 11 is 0. The molecule has 0 bridgehead atoms. The highest BCUT2D eigenvalue weighted by molar-refractivity contribution is 7.91. The van der Waals surface area contributed by atoms with Gasteiger partial charge >= 0.3 is 11.4 Å². The number of benzene rings is 1. The minimum atomic E-state index is -4.55. The van der Waals surface area contributed by atoms with Gasteiger partial charge in [-0.05, 0) is 18.2 Å². The molecule has 2 N–H and O–H groups in total. The number of anilines is 1. The Bertz CT molecular complexity index is 706. The number of rotatable bonds is 3. The predicted molar refractivity (Wildman–Crippen MR) is 61.1 cm³/mol. The molecule has 9 heteroatoms. The minimum Gasteiger partial charge on any atom is -0.428 e. The average molecular weight is 294 g/mol. The van der Waals surface area contributed by atoms with Crippen molar-refractivity contribution >= 4 is 26.6 Å². The Hall–Kier alpha value is -1.77. The van der Waals surface area contributed by atoms with Crippen molar-refractivity contribution in [2.45, 2.75) is 17.8 Å². The number of aromatic nitrogens is 1. The third-order valence-corrected chi connectivity index (χ3v) is 3.76. The average Bonchev–Trinajstić information content (AvgIpc) is 2.69. The van der Waals surface area contributed by atoms with Crippen molar-refractivity contribution in [2.75, 3.05) is 11.5 Å². The fourth-order valence-electron chi connectivity index (χ4n) is 1.39. The second-order valence-corrected chi connectivity index (χ2v) is 5.88. The van der Waals surface area contributed by atoms with Gasteiger partial charge in [0.1, 0.15) is 5.52 Å². The summed E-state index contributed by atoms with van der Waals surface area (Å²) in [5.41, 5.74) is 6.16. The van der Waals surface area contributed by atoms with Gasteiger partial charge in [0.25, 0.3) is 0 Å². The van der Waals surface area contributed by atoms with Crippen LogP contribution in [-0.4, -0.2) is 25.3 Å². The SMILES string of the molecule is Nc1ccc2oc(S(=O)(=O)CCC(F)(F)F)nc2c1. The molecule has 1 aromatic heterocycles. The van der Waals surface area contributed by atoms with Crippen LogP contribution in [0.2, 0.25) is 0 Å². The molecule has 2 rings (SSSR count). The summed E-state index contributed by atoms with van der Waals surface area (Å²) in [6, 6.07) is 4.25. The summed E-state index contributed by atoms with van der Waals surface area (Å²) in [5.74, 6) is -1.10. The molecule has 0 aliphatic heterocycles. The van der Waals surface area contributed by atoms with E-state index in [2.05, 4.69) is 4.98 Å². The normalized spacial score (nSPS) is 13.0. The highest BCUT2D eigenvalue weighted by atomic mass is 32.2. The first-order valence-corrected chi connectivity index (χ1v) is 6.78. The van der Waals surface area contributed by atoms with Gasteiger partial charge in [0.05, 0.1) is 12.2 Å². The Morgan fingerprint density at radius 1 is 1.32 bits per heavy atom. The monoisotopic (exact) mass is 294 g/mol. The van der Waals surface area contributed by atoms with Crippen LogP contribution in [0.15, 0.2) is 27.8 Å². The van der Waals surface area contributed by atoms with Crippen LogP contribution < -0.4 is 5.73 Å². The van der Waals surface area contributed by atoms with Crippen molar-refractivity contribution < 1.29 is 26.0 Å². The topological polar surface area (TPSA) is 86.2 Å². The number of alkyl halides is 3. The molecule has 1 aromatic carbocycles. The molecule has 2 aromatic rings. The van der Waals surface area contributed by atoms with Crippen molar-refractivity contribution in [3.8, 4) is 0 Å². The van der Waals surface area contributed by atoms with Gasteiger partial charge in [-0.3, -0.25) is 0 Å². The molecule has 19 heavy (non-hydrogen) atoms. The Morgan fingerprint density at radius 3 is 2.63 bits per heavy atom. The summed E-state index contributed by atoms with van der Waals surface area (Å²) in [7, 11) is -4.21.